The Labute approximate surface area is 140 Å². The van der Waals surface area contributed by atoms with E-state index in [1.807, 2.05) is 0 Å². The molecule has 1 aromatic carbocycles. The van der Waals surface area contributed by atoms with Crippen LogP contribution in [0.1, 0.15) is 34.3 Å². The Kier molecular flexibility index (Phi) is 5.18. The molecular formula is C16H20BNO6. The van der Waals surface area contributed by atoms with E-state index in [-0.39, 0.29) is 18.6 Å². The Bertz CT molecular complexity index is 644. The molecule has 7 nitrogen and oxygen atoms in total. The minimum atomic E-state index is -1.01. The van der Waals surface area contributed by atoms with Crippen molar-refractivity contribution in [3.05, 3.63) is 28.8 Å². The Hall–Kier alpha value is -1.90. The summed E-state index contributed by atoms with van der Waals surface area (Å²) in [5.74, 6) is -0.837. The van der Waals surface area contributed by atoms with Gasteiger partial charge in [-0.2, -0.15) is 0 Å². The van der Waals surface area contributed by atoms with Gasteiger partial charge in [0, 0.05) is 18.4 Å². The van der Waals surface area contributed by atoms with Gasteiger partial charge in [-0.1, -0.05) is 6.07 Å². The largest absolute Gasteiger partial charge is 0.492 e. The minimum absolute atomic E-state index is 0.142. The fourth-order valence-electron chi connectivity index (χ4n) is 3.02. The maximum atomic E-state index is 12.3. The molecule has 0 radical (unpaired) electrons. The van der Waals surface area contributed by atoms with Crippen LogP contribution in [0.2, 0.25) is 0 Å². The zero-order valence-corrected chi connectivity index (χ0v) is 13.5. The zero-order chi connectivity index (χ0) is 17.1. The monoisotopic (exact) mass is 333 g/mol. The first-order valence-corrected chi connectivity index (χ1v) is 8.03. The van der Waals surface area contributed by atoms with Crippen LogP contribution in [-0.4, -0.2) is 49.9 Å². The van der Waals surface area contributed by atoms with Crippen LogP contribution in [-0.2, 0) is 25.5 Å². The summed E-state index contributed by atoms with van der Waals surface area (Å²) in [4.78, 5) is 24.1. The highest BCUT2D eigenvalue weighted by atomic mass is 16.6. The van der Waals surface area contributed by atoms with Gasteiger partial charge in [0.1, 0.15) is 12.6 Å². The van der Waals surface area contributed by atoms with Crippen molar-refractivity contribution < 1.29 is 28.7 Å². The maximum Gasteiger partial charge on any atom is 0.492 e. The number of hydrogen-bond donors (Lipinski definition) is 2. The molecule has 1 amide bonds. The maximum absolute atomic E-state index is 12.3. The molecule has 0 spiro atoms. The van der Waals surface area contributed by atoms with Crippen molar-refractivity contribution in [2.24, 2.45) is 0 Å². The Morgan fingerprint density at radius 3 is 2.88 bits per heavy atom. The number of benzene rings is 1. The Morgan fingerprint density at radius 1 is 1.38 bits per heavy atom. The molecule has 2 heterocycles. The van der Waals surface area contributed by atoms with Gasteiger partial charge >= 0.3 is 13.1 Å². The third-order valence-electron chi connectivity index (χ3n) is 4.35. The van der Waals surface area contributed by atoms with Crippen LogP contribution in [0.3, 0.4) is 0 Å². The average Bonchev–Trinajstić information content (AvgIpc) is 2.96. The van der Waals surface area contributed by atoms with Crippen LogP contribution in [0.15, 0.2) is 12.1 Å². The van der Waals surface area contributed by atoms with E-state index in [0.29, 0.717) is 49.3 Å². The molecule has 1 saturated heterocycles. The third-order valence-corrected chi connectivity index (χ3v) is 4.35. The number of fused-ring (bicyclic) bond motifs is 1. The topological polar surface area (TPSA) is 94.1 Å². The quantitative estimate of drug-likeness (QED) is 0.579. The molecule has 1 aromatic rings. The lowest BCUT2D eigenvalue weighted by molar-refractivity contribution is -0.151. The highest BCUT2D eigenvalue weighted by molar-refractivity contribution is 6.62. The van der Waals surface area contributed by atoms with Crippen LogP contribution in [0.25, 0.3) is 0 Å². The lowest BCUT2D eigenvalue weighted by Gasteiger charge is -2.22. The molecule has 0 aromatic heterocycles. The first-order valence-electron chi connectivity index (χ1n) is 8.03. The predicted molar refractivity (Wildman–Crippen MR) is 85.8 cm³/mol. The summed E-state index contributed by atoms with van der Waals surface area (Å²) in [7, 11) is -1.01. The molecule has 3 rings (SSSR count). The number of rotatable bonds is 4. The molecule has 0 atom stereocenters. The van der Waals surface area contributed by atoms with Gasteiger partial charge in [-0.25, -0.2) is 0 Å². The van der Waals surface area contributed by atoms with Gasteiger partial charge in [-0.3, -0.25) is 9.59 Å². The summed E-state index contributed by atoms with van der Waals surface area (Å²) in [5.41, 5.74) is 2.58. The van der Waals surface area contributed by atoms with E-state index in [0.717, 1.165) is 5.56 Å². The number of carbonyl (C=O) groups is 2. The molecule has 0 saturated carbocycles. The molecule has 128 valence electrons. The first kappa shape index (κ1) is 16.9. The number of amides is 1. The number of hydrogen-bond acceptors (Lipinski definition) is 6. The van der Waals surface area contributed by atoms with Crippen molar-refractivity contribution in [1.29, 1.82) is 0 Å². The number of esters is 1. The number of nitrogens with one attached hydrogen (secondary N) is 1. The molecule has 2 aliphatic rings. The standard InChI is InChI=1S/C16H20BNO6/c1-10-13(3-2-11-9-23-17(21)15(10)11)16(20)18-8-14(19)24-12-4-6-22-7-5-12/h2-3,12,21H,4-9H2,1H3,(H,18,20). The van der Waals surface area contributed by atoms with Crippen LogP contribution >= 0.6 is 0 Å². The van der Waals surface area contributed by atoms with Gasteiger partial charge in [0.25, 0.3) is 5.91 Å². The molecule has 0 unspecified atom stereocenters. The van der Waals surface area contributed by atoms with Gasteiger partial charge in [-0.15, -0.1) is 0 Å². The molecule has 2 aliphatic heterocycles. The van der Waals surface area contributed by atoms with Gasteiger partial charge in [0.05, 0.1) is 19.8 Å². The zero-order valence-electron chi connectivity index (χ0n) is 13.5. The van der Waals surface area contributed by atoms with E-state index in [9.17, 15) is 14.6 Å². The molecule has 2 N–H and O–H groups in total. The number of ether oxygens (including phenoxy) is 2. The van der Waals surface area contributed by atoms with Crippen molar-refractivity contribution in [3.63, 3.8) is 0 Å². The molecule has 8 heteroatoms. The predicted octanol–water partition coefficient (Wildman–Crippen LogP) is -0.335. The minimum Gasteiger partial charge on any atom is -0.461 e. The second kappa shape index (κ2) is 7.33. The average molecular weight is 333 g/mol. The van der Waals surface area contributed by atoms with Crippen molar-refractivity contribution in [3.8, 4) is 0 Å². The first-order chi connectivity index (χ1) is 11.6. The van der Waals surface area contributed by atoms with E-state index < -0.39 is 13.1 Å². The molecule has 0 aliphatic carbocycles. The second-order valence-corrected chi connectivity index (χ2v) is 5.96. The number of carbonyl (C=O) groups excluding carboxylic acids is 2. The SMILES string of the molecule is Cc1c(C(=O)NCC(=O)OC2CCOCC2)ccc2c1B(O)OC2. The van der Waals surface area contributed by atoms with Crippen LogP contribution in [0, 0.1) is 6.92 Å². The van der Waals surface area contributed by atoms with Crippen LogP contribution in [0.4, 0.5) is 0 Å². The van der Waals surface area contributed by atoms with Crippen molar-refractivity contribution in [1.82, 2.24) is 5.32 Å². The molecule has 1 fully saturated rings. The lowest BCUT2D eigenvalue weighted by atomic mass is 9.75. The fourth-order valence-corrected chi connectivity index (χ4v) is 3.02. The molecule has 0 bridgehead atoms. The van der Waals surface area contributed by atoms with Gasteiger partial charge < -0.3 is 24.5 Å². The summed E-state index contributed by atoms with van der Waals surface area (Å²) in [5, 5.41) is 12.4. The van der Waals surface area contributed by atoms with E-state index in [2.05, 4.69) is 5.32 Å². The van der Waals surface area contributed by atoms with Gasteiger partial charge in [0.2, 0.25) is 0 Å². The van der Waals surface area contributed by atoms with Crippen molar-refractivity contribution in [2.45, 2.75) is 32.5 Å². The normalized spacial score (nSPS) is 17.5. The summed E-state index contributed by atoms with van der Waals surface area (Å²) in [6, 6.07) is 3.43. The van der Waals surface area contributed by atoms with Crippen LogP contribution < -0.4 is 10.8 Å². The Balaban J connectivity index is 1.57. The van der Waals surface area contributed by atoms with Gasteiger partial charge in [-0.05, 0) is 29.6 Å². The highest BCUT2D eigenvalue weighted by Gasteiger charge is 2.31. The van der Waals surface area contributed by atoms with E-state index in [1.54, 1.807) is 19.1 Å². The molecule has 24 heavy (non-hydrogen) atoms. The van der Waals surface area contributed by atoms with Gasteiger partial charge in [0.15, 0.2) is 0 Å². The van der Waals surface area contributed by atoms with Crippen molar-refractivity contribution >= 4 is 24.5 Å². The van der Waals surface area contributed by atoms with E-state index in [4.69, 9.17) is 14.1 Å². The summed E-state index contributed by atoms with van der Waals surface area (Å²) < 4.78 is 15.7. The summed E-state index contributed by atoms with van der Waals surface area (Å²) in [6.45, 7) is 3.07. The summed E-state index contributed by atoms with van der Waals surface area (Å²) >= 11 is 0. The smallest absolute Gasteiger partial charge is 0.461 e. The van der Waals surface area contributed by atoms with Crippen LogP contribution in [0.5, 0.6) is 0 Å². The third kappa shape index (κ3) is 3.61. The Morgan fingerprint density at radius 2 is 2.12 bits per heavy atom. The highest BCUT2D eigenvalue weighted by Crippen LogP contribution is 2.16. The molecular weight excluding hydrogens is 313 g/mol. The van der Waals surface area contributed by atoms with E-state index in [1.165, 1.54) is 0 Å². The second-order valence-electron chi connectivity index (χ2n) is 5.96. The summed E-state index contributed by atoms with van der Waals surface area (Å²) in [6.07, 6.45) is 1.22. The van der Waals surface area contributed by atoms with Crippen molar-refractivity contribution in [2.75, 3.05) is 19.8 Å². The fraction of sp³-hybridized carbons (Fsp3) is 0.500. The lowest BCUT2D eigenvalue weighted by Crippen LogP contribution is -2.36. The van der Waals surface area contributed by atoms with E-state index >= 15 is 0 Å².